The van der Waals surface area contributed by atoms with Gasteiger partial charge in [-0.15, -0.1) is 0 Å². The van der Waals surface area contributed by atoms with Crippen LogP contribution in [0.25, 0.3) is 0 Å². The van der Waals surface area contributed by atoms with Crippen molar-refractivity contribution < 1.29 is 4.74 Å². The van der Waals surface area contributed by atoms with Crippen LogP contribution in [0.5, 0.6) is 0 Å². The molecule has 0 aliphatic carbocycles. The number of likely N-dealkylation sites (N-methyl/N-ethyl adjacent to an activating group) is 1. The van der Waals surface area contributed by atoms with E-state index in [4.69, 9.17) is 4.74 Å². The zero-order valence-corrected chi connectivity index (χ0v) is 15.1. The lowest BCUT2D eigenvalue weighted by Gasteiger charge is -2.18. The van der Waals surface area contributed by atoms with Crippen molar-refractivity contribution in [3.05, 3.63) is 35.4 Å². The van der Waals surface area contributed by atoms with Crippen LogP contribution in [-0.2, 0) is 11.2 Å². The molecule has 0 saturated heterocycles. The molecular weight excluding hydrogens is 288 g/mol. The minimum atomic E-state index is 0.819. The zero-order chi connectivity index (χ0) is 16.9. The summed E-state index contributed by atoms with van der Waals surface area (Å²) >= 11 is 0. The van der Waals surface area contributed by atoms with Crippen molar-refractivity contribution in [3.8, 4) is 0 Å². The molecule has 5 heteroatoms. The van der Waals surface area contributed by atoms with Crippen LogP contribution in [0.3, 0.4) is 0 Å². The van der Waals surface area contributed by atoms with Gasteiger partial charge in [0.15, 0.2) is 5.96 Å². The van der Waals surface area contributed by atoms with Crippen molar-refractivity contribution in [2.24, 2.45) is 4.99 Å². The Kier molecular flexibility index (Phi) is 10.1. The molecule has 0 aromatic heterocycles. The number of aryl methyl sites for hydroxylation is 1. The lowest BCUT2D eigenvalue weighted by atomic mass is 10.1. The van der Waals surface area contributed by atoms with Gasteiger partial charge in [-0.05, 0) is 32.4 Å². The van der Waals surface area contributed by atoms with Crippen molar-refractivity contribution in [1.29, 1.82) is 0 Å². The molecule has 5 nitrogen and oxygen atoms in total. The third kappa shape index (κ3) is 9.21. The SMILES string of the molecule is CN=C(NCCc1cccc(C)c1)NCCN(C)CCCOC. The van der Waals surface area contributed by atoms with Gasteiger partial charge in [-0.1, -0.05) is 29.8 Å². The quantitative estimate of drug-likeness (QED) is 0.391. The molecule has 1 rings (SSSR count). The van der Waals surface area contributed by atoms with Crippen LogP contribution in [-0.4, -0.2) is 64.9 Å². The molecule has 0 heterocycles. The fourth-order valence-electron chi connectivity index (χ4n) is 2.37. The number of ether oxygens (including phenoxy) is 1. The Morgan fingerprint density at radius 1 is 1.22 bits per heavy atom. The highest BCUT2D eigenvalue weighted by atomic mass is 16.5. The Morgan fingerprint density at radius 3 is 2.70 bits per heavy atom. The molecule has 1 aromatic rings. The molecule has 0 fully saturated rings. The second-order valence-electron chi connectivity index (χ2n) is 5.81. The molecule has 0 bridgehead atoms. The van der Waals surface area contributed by atoms with Crippen molar-refractivity contribution in [3.63, 3.8) is 0 Å². The van der Waals surface area contributed by atoms with Crippen LogP contribution >= 0.6 is 0 Å². The molecule has 0 aliphatic heterocycles. The number of nitrogens with zero attached hydrogens (tertiary/aromatic N) is 2. The highest BCUT2D eigenvalue weighted by Crippen LogP contribution is 2.03. The van der Waals surface area contributed by atoms with Crippen LogP contribution in [0, 0.1) is 6.92 Å². The molecule has 130 valence electrons. The maximum absolute atomic E-state index is 5.07. The predicted octanol–water partition coefficient (Wildman–Crippen LogP) is 1.67. The topological polar surface area (TPSA) is 48.9 Å². The minimum Gasteiger partial charge on any atom is -0.385 e. The number of methoxy groups -OCH3 is 1. The van der Waals surface area contributed by atoms with Gasteiger partial charge in [0.05, 0.1) is 0 Å². The molecule has 23 heavy (non-hydrogen) atoms. The Hall–Kier alpha value is -1.59. The van der Waals surface area contributed by atoms with Gasteiger partial charge in [-0.3, -0.25) is 4.99 Å². The lowest BCUT2D eigenvalue weighted by Crippen LogP contribution is -2.41. The van der Waals surface area contributed by atoms with Crippen LogP contribution in [0.1, 0.15) is 17.5 Å². The van der Waals surface area contributed by atoms with Gasteiger partial charge in [-0.2, -0.15) is 0 Å². The molecule has 0 spiro atoms. The second kappa shape index (κ2) is 11.9. The molecule has 2 N–H and O–H groups in total. The number of aliphatic imine (C=N–C) groups is 1. The first-order valence-electron chi connectivity index (χ1n) is 8.33. The maximum atomic E-state index is 5.07. The van der Waals surface area contributed by atoms with Crippen LogP contribution < -0.4 is 10.6 Å². The Balaban J connectivity index is 2.17. The Labute approximate surface area is 141 Å². The van der Waals surface area contributed by atoms with Crippen molar-refractivity contribution in [1.82, 2.24) is 15.5 Å². The summed E-state index contributed by atoms with van der Waals surface area (Å²) in [5.74, 6) is 0.864. The zero-order valence-electron chi connectivity index (χ0n) is 15.1. The third-order valence-corrected chi connectivity index (χ3v) is 3.69. The first-order valence-corrected chi connectivity index (χ1v) is 8.33. The minimum absolute atomic E-state index is 0.819. The summed E-state index contributed by atoms with van der Waals surface area (Å²) in [7, 11) is 5.68. The standard InChI is InChI=1S/C18H32N4O/c1-16-7-5-8-17(15-16)9-10-20-18(19-2)21-11-13-22(3)12-6-14-23-4/h5,7-8,15H,6,9-14H2,1-4H3,(H2,19,20,21). The summed E-state index contributed by atoms with van der Waals surface area (Å²) in [6.07, 6.45) is 2.07. The molecule has 0 radical (unpaired) electrons. The van der Waals surface area contributed by atoms with Crippen LogP contribution in [0.15, 0.2) is 29.3 Å². The van der Waals surface area contributed by atoms with Gasteiger partial charge in [0.1, 0.15) is 0 Å². The Morgan fingerprint density at radius 2 is 2.00 bits per heavy atom. The average Bonchev–Trinajstić information content (AvgIpc) is 2.53. The van der Waals surface area contributed by atoms with E-state index < -0.39 is 0 Å². The van der Waals surface area contributed by atoms with E-state index in [9.17, 15) is 0 Å². The second-order valence-corrected chi connectivity index (χ2v) is 5.81. The maximum Gasteiger partial charge on any atom is 0.191 e. The number of rotatable bonds is 10. The number of hydrogen-bond acceptors (Lipinski definition) is 3. The van der Waals surface area contributed by atoms with E-state index in [0.29, 0.717) is 0 Å². The first-order chi connectivity index (χ1) is 11.2. The molecular formula is C18H32N4O. The highest BCUT2D eigenvalue weighted by Gasteiger charge is 2.01. The van der Waals surface area contributed by atoms with E-state index in [1.807, 2.05) is 7.05 Å². The summed E-state index contributed by atoms with van der Waals surface area (Å²) in [5.41, 5.74) is 2.66. The highest BCUT2D eigenvalue weighted by molar-refractivity contribution is 5.79. The fraction of sp³-hybridized carbons (Fsp3) is 0.611. The van der Waals surface area contributed by atoms with Gasteiger partial charge in [0.2, 0.25) is 0 Å². The monoisotopic (exact) mass is 320 g/mol. The molecule has 0 atom stereocenters. The van der Waals surface area contributed by atoms with Crippen LogP contribution in [0.4, 0.5) is 0 Å². The number of hydrogen-bond donors (Lipinski definition) is 2. The largest absolute Gasteiger partial charge is 0.385 e. The van der Waals surface area contributed by atoms with Gasteiger partial charge < -0.3 is 20.3 Å². The van der Waals surface area contributed by atoms with Crippen LogP contribution in [0.2, 0.25) is 0 Å². The van der Waals surface area contributed by atoms with Crippen molar-refractivity contribution >= 4 is 5.96 Å². The van der Waals surface area contributed by atoms with E-state index in [1.165, 1.54) is 11.1 Å². The lowest BCUT2D eigenvalue weighted by molar-refractivity contribution is 0.180. The van der Waals surface area contributed by atoms with E-state index >= 15 is 0 Å². The number of guanidine groups is 1. The summed E-state index contributed by atoms with van der Waals surface area (Å²) in [4.78, 5) is 6.56. The molecule has 0 unspecified atom stereocenters. The van der Waals surface area contributed by atoms with E-state index in [0.717, 1.165) is 51.6 Å². The van der Waals surface area contributed by atoms with Crippen molar-refractivity contribution in [2.45, 2.75) is 19.8 Å². The van der Waals surface area contributed by atoms with Gasteiger partial charge in [-0.25, -0.2) is 0 Å². The average molecular weight is 320 g/mol. The van der Waals surface area contributed by atoms with Gasteiger partial charge in [0, 0.05) is 46.9 Å². The smallest absolute Gasteiger partial charge is 0.191 e. The Bertz CT molecular complexity index is 462. The molecule has 0 aliphatic rings. The summed E-state index contributed by atoms with van der Waals surface area (Å²) in [6, 6.07) is 8.63. The normalized spacial score (nSPS) is 11.8. The molecule has 0 saturated carbocycles. The third-order valence-electron chi connectivity index (χ3n) is 3.69. The summed E-state index contributed by atoms with van der Waals surface area (Å²) in [6.45, 7) is 6.75. The molecule has 0 amide bonds. The summed E-state index contributed by atoms with van der Waals surface area (Å²) in [5, 5.41) is 6.72. The number of benzene rings is 1. The number of nitrogens with one attached hydrogen (secondary N) is 2. The summed E-state index contributed by atoms with van der Waals surface area (Å²) < 4.78 is 5.07. The van der Waals surface area contributed by atoms with E-state index in [1.54, 1.807) is 7.11 Å². The predicted molar refractivity (Wildman–Crippen MR) is 98.2 cm³/mol. The van der Waals surface area contributed by atoms with E-state index in [-0.39, 0.29) is 0 Å². The first kappa shape index (κ1) is 19.5. The van der Waals surface area contributed by atoms with Gasteiger partial charge >= 0.3 is 0 Å². The van der Waals surface area contributed by atoms with E-state index in [2.05, 4.69) is 58.8 Å². The fourth-order valence-corrected chi connectivity index (χ4v) is 2.37. The molecule has 1 aromatic carbocycles. The van der Waals surface area contributed by atoms with Crippen molar-refractivity contribution in [2.75, 3.05) is 54.0 Å². The van der Waals surface area contributed by atoms with Gasteiger partial charge in [0.25, 0.3) is 0 Å².